The molecule has 3 aromatic rings. The molecular formula is C24H20O2. The minimum atomic E-state index is -0.431. The van der Waals surface area contributed by atoms with Crippen LogP contribution in [0.3, 0.4) is 0 Å². The van der Waals surface area contributed by atoms with Crippen molar-refractivity contribution in [1.29, 1.82) is 0 Å². The number of ketones is 2. The average molecular weight is 340 g/mol. The van der Waals surface area contributed by atoms with Crippen LogP contribution in [0.5, 0.6) is 0 Å². The van der Waals surface area contributed by atoms with Crippen molar-refractivity contribution in [3.8, 4) is 0 Å². The zero-order valence-electron chi connectivity index (χ0n) is 14.6. The van der Waals surface area contributed by atoms with Gasteiger partial charge in [0.2, 0.25) is 11.6 Å². The van der Waals surface area contributed by atoms with Crippen LogP contribution in [0.2, 0.25) is 0 Å². The zero-order chi connectivity index (χ0) is 17.9. The largest absolute Gasteiger partial charge is 0.285 e. The normalized spacial score (nSPS) is 14.5. The van der Waals surface area contributed by atoms with E-state index < -0.39 is 11.6 Å². The maximum absolute atomic E-state index is 12.7. The molecule has 4 rings (SSSR count). The molecule has 0 heterocycles. The van der Waals surface area contributed by atoms with E-state index in [2.05, 4.69) is 24.3 Å². The minimum Gasteiger partial charge on any atom is -0.285 e. The SMILES string of the molecule is O=C1C(=O)c2cccc(c2)CCc2cccc(c2)CCc2cccc1c2. The third kappa shape index (κ3) is 3.50. The van der Waals surface area contributed by atoms with Crippen LogP contribution in [0, 0.1) is 0 Å². The van der Waals surface area contributed by atoms with E-state index in [-0.39, 0.29) is 0 Å². The molecule has 0 saturated heterocycles. The van der Waals surface area contributed by atoms with Crippen molar-refractivity contribution in [2.75, 3.05) is 0 Å². The number of rotatable bonds is 0. The number of Topliss-reactive ketones (excluding diaryl/α,β-unsaturated/α-hetero) is 2. The third-order valence-corrected chi connectivity index (χ3v) is 4.98. The lowest BCUT2D eigenvalue weighted by atomic mass is 9.97. The first kappa shape index (κ1) is 16.5. The summed E-state index contributed by atoms with van der Waals surface area (Å²) in [5.41, 5.74) is 5.72. The highest BCUT2D eigenvalue weighted by molar-refractivity contribution is 6.49. The quantitative estimate of drug-likeness (QED) is 0.559. The van der Waals surface area contributed by atoms with Crippen LogP contribution in [0.1, 0.15) is 43.0 Å². The Morgan fingerprint density at radius 1 is 0.462 bits per heavy atom. The maximum Gasteiger partial charge on any atom is 0.233 e. The van der Waals surface area contributed by atoms with Crippen molar-refractivity contribution >= 4 is 11.6 Å². The number of hydrogen-bond donors (Lipinski definition) is 0. The van der Waals surface area contributed by atoms with Crippen LogP contribution in [0.25, 0.3) is 0 Å². The lowest BCUT2D eigenvalue weighted by Crippen LogP contribution is -2.15. The molecule has 3 aromatic carbocycles. The number of benzene rings is 3. The van der Waals surface area contributed by atoms with Gasteiger partial charge in [-0.1, -0.05) is 60.7 Å². The second-order valence-electron chi connectivity index (χ2n) is 6.88. The second kappa shape index (κ2) is 7.09. The summed E-state index contributed by atoms with van der Waals surface area (Å²) in [6, 6.07) is 23.6. The molecule has 0 saturated carbocycles. The van der Waals surface area contributed by atoms with Crippen molar-refractivity contribution in [3.63, 3.8) is 0 Å². The summed E-state index contributed by atoms with van der Waals surface area (Å²) < 4.78 is 0. The van der Waals surface area contributed by atoms with Crippen LogP contribution < -0.4 is 0 Å². The number of aryl methyl sites for hydroxylation is 4. The Morgan fingerprint density at radius 3 is 1.23 bits per heavy atom. The van der Waals surface area contributed by atoms with Gasteiger partial charge in [-0.25, -0.2) is 0 Å². The fourth-order valence-electron chi connectivity index (χ4n) is 3.52. The van der Waals surface area contributed by atoms with E-state index in [0.717, 1.165) is 36.8 Å². The molecule has 0 fully saturated rings. The monoisotopic (exact) mass is 340 g/mol. The van der Waals surface area contributed by atoms with E-state index in [1.54, 1.807) is 12.1 Å². The molecule has 6 bridgehead atoms. The van der Waals surface area contributed by atoms with Crippen LogP contribution >= 0.6 is 0 Å². The first-order chi connectivity index (χ1) is 12.7. The third-order valence-electron chi connectivity index (χ3n) is 4.98. The Balaban J connectivity index is 1.78. The van der Waals surface area contributed by atoms with E-state index in [9.17, 15) is 9.59 Å². The van der Waals surface area contributed by atoms with Gasteiger partial charge in [-0.15, -0.1) is 0 Å². The summed E-state index contributed by atoms with van der Waals surface area (Å²) in [6.07, 6.45) is 3.55. The zero-order valence-corrected chi connectivity index (χ0v) is 14.6. The van der Waals surface area contributed by atoms with E-state index >= 15 is 0 Å². The van der Waals surface area contributed by atoms with Gasteiger partial charge in [-0.3, -0.25) is 9.59 Å². The molecule has 0 atom stereocenters. The highest BCUT2D eigenvalue weighted by atomic mass is 16.2. The first-order valence-electron chi connectivity index (χ1n) is 9.04. The molecule has 0 aliphatic heterocycles. The van der Waals surface area contributed by atoms with Gasteiger partial charge in [0.25, 0.3) is 0 Å². The lowest BCUT2D eigenvalue weighted by Gasteiger charge is -2.06. The minimum absolute atomic E-state index is 0.431. The number of carbonyl (C=O) groups is 2. The van der Waals surface area contributed by atoms with Crippen LogP contribution in [-0.2, 0) is 25.7 Å². The van der Waals surface area contributed by atoms with Gasteiger partial charge in [0.1, 0.15) is 0 Å². The van der Waals surface area contributed by atoms with Crippen molar-refractivity contribution in [2.45, 2.75) is 25.7 Å². The molecular weight excluding hydrogens is 320 g/mol. The molecule has 26 heavy (non-hydrogen) atoms. The van der Waals surface area contributed by atoms with E-state index in [4.69, 9.17) is 0 Å². The molecule has 0 unspecified atom stereocenters. The molecule has 0 amide bonds. The highest BCUT2D eigenvalue weighted by Gasteiger charge is 2.19. The average Bonchev–Trinajstić information content (AvgIpc) is 2.70. The molecule has 0 aromatic heterocycles. The summed E-state index contributed by atoms with van der Waals surface area (Å²) >= 11 is 0. The van der Waals surface area contributed by atoms with Gasteiger partial charge < -0.3 is 0 Å². The fourth-order valence-corrected chi connectivity index (χ4v) is 3.52. The smallest absolute Gasteiger partial charge is 0.233 e. The molecule has 0 N–H and O–H groups in total. The Bertz CT molecular complexity index is 908. The van der Waals surface area contributed by atoms with Gasteiger partial charge in [-0.2, -0.15) is 0 Å². The molecule has 1 aliphatic rings. The standard InChI is InChI=1S/C24H20O2/c25-23-21-8-2-6-19(15-21)12-10-17-4-1-5-18(14-17)11-13-20-7-3-9-22(16-20)24(23)26/h1-9,14-16H,10-13H2. The van der Waals surface area contributed by atoms with Crippen LogP contribution in [0.15, 0.2) is 72.8 Å². The molecule has 2 heteroatoms. The van der Waals surface area contributed by atoms with Crippen molar-refractivity contribution < 1.29 is 9.59 Å². The number of carbonyl (C=O) groups excluding carboxylic acids is 2. The summed E-state index contributed by atoms with van der Waals surface area (Å²) in [4.78, 5) is 25.3. The summed E-state index contributed by atoms with van der Waals surface area (Å²) in [5.74, 6) is -0.862. The fraction of sp³-hybridized carbons (Fsp3) is 0.167. The van der Waals surface area contributed by atoms with Crippen LogP contribution in [0.4, 0.5) is 0 Å². The molecule has 0 radical (unpaired) electrons. The topological polar surface area (TPSA) is 34.1 Å². The summed E-state index contributed by atoms with van der Waals surface area (Å²) in [7, 11) is 0. The summed E-state index contributed by atoms with van der Waals surface area (Å²) in [6.45, 7) is 0. The Hall–Kier alpha value is -3.00. The number of hydrogen-bond acceptors (Lipinski definition) is 2. The van der Waals surface area contributed by atoms with Gasteiger partial charge in [0.05, 0.1) is 0 Å². The highest BCUT2D eigenvalue weighted by Crippen LogP contribution is 2.17. The van der Waals surface area contributed by atoms with E-state index in [0.29, 0.717) is 11.1 Å². The molecule has 1 aliphatic carbocycles. The van der Waals surface area contributed by atoms with Crippen molar-refractivity contribution in [1.82, 2.24) is 0 Å². The summed E-state index contributed by atoms with van der Waals surface area (Å²) in [5, 5.41) is 0. The molecule has 2 nitrogen and oxygen atoms in total. The number of fused-ring (bicyclic) bond motifs is 6. The first-order valence-corrected chi connectivity index (χ1v) is 9.04. The van der Waals surface area contributed by atoms with E-state index in [1.807, 2.05) is 36.4 Å². The Labute approximate surface area is 153 Å². The molecule has 128 valence electrons. The van der Waals surface area contributed by atoms with Gasteiger partial charge in [-0.05, 0) is 60.1 Å². The molecule has 0 spiro atoms. The maximum atomic E-state index is 12.7. The van der Waals surface area contributed by atoms with Crippen molar-refractivity contribution in [3.05, 3.63) is 106 Å². The Kier molecular flexibility index (Phi) is 4.49. The predicted molar refractivity (Wildman–Crippen MR) is 103 cm³/mol. The van der Waals surface area contributed by atoms with Gasteiger partial charge in [0.15, 0.2) is 0 Å². The van der Waals surface area contributed by atoms with E-state index in [1.165, 1.54) is 11.1 Å². The lowest BCUT2D eigenvalue weighted by molar-refractivity contribution is 0.0817. The van der Waals surface area contributed by atoms with Crippen LogP contribution in [-0.4, -0.2) is 11.6 Å². The van der Waals surface area contributed by atoms with Gasteiger partial charge in [0, 0.05) is 11.1 Å². The van der Waals surface area contributed by atoms with Gasteiger partial charge >= 0.3 is 0 Å². The predicted octanol–water partition coefficient (Wildman–Crippen LogP) is 4.64. The Morgan fingerprint density at radius 2 is 0.808 bits per heavy atom. The van der Waals surface area contributed by atoms with Crippen molar-refractivity contribution in [2.24, 2.45) is 0 Å². The second-order valence-corrected chi connectivity index (χ2v) is 6.88.